The van der Waals surface area contributed by atoms with Gasteiger partial charge in [0.15, 0.2) is 0 Å². The van der Waals surface area contributed by atoms with Crippen LogP contribution < -0.4 is 21.1 Å². The summed E-state index contributed by atoms with van der Waals surface area (Å²) < 4.78 is 5.25. The van der Waals surface area contributed by atoms with Gasteiger partial charge in [-0.2, -0.15) is 4.80 Å². The first kappa shape index (κ1) is 25.7. The Morgan fingerprint density at radius 3 is 2.81 bits per heavy atom. The van der Waals surface area contributed by atoms with Crippen LogP contribution >= 0.6 is 0 Å². The highest BCUT2D eigenvalue weighted by atomic mass is 16.5. The standard InChI is InChI=1S/C26H36N8O2/c1-18-13-21(15-24(30-18)26(35)29-16-20-5-3-6-23(14-20)36-2)25-31-33-34(32-25)17-19-7-9-22(10-8-19)28-12-4-11-27/h3,5-6,13-15,19,22,28H,4,7-12,16-17,27H2,1-2H3,(H,29,35). The third-order valence-corrected chi connectivity index (χ3v) is 6.57. The van der Waals surface area contributed by atoms with Crippen molar-refractivity contribution in [2.45, 2.75) is 58.2 Å². The van der Waals surface area contributed by atoms with Gasteiger partial charge in [0.05, 0.1) is 13.7 Å². The summed E-state index contributed by atoms with van der Waals surface area (Å²) in [5, 5.41) is 19.7. The fourth-order valence-electron chi connectivity index (χ4n) is 4.59. The summed E-state index contributed by atoms with van der Waals surface area (Å²) in [5.41, 5.74) is 8.30. The smallest absolute Gasteiger partial charge is 0.270 e. The van der Waals surface area contributed by atoms with Gasteiger partial charge in [0, 0.05) is 23.8 Å². The predicted molar refractivity (Wildman–Crippen MR) is 137 cm³/mol. The van der Waals surface area contributed by atoms with Crippen molar-refractivity contribution in [3.8, 4) is 17.1 Å². The van der Waals surface area contributed by atoms with E-state index in [9.17, 15) is 4.79 Å². The minimum atomic E-state index is -0.257. The number of aromatic nitrogens is 5. The molecule has 10 heteroatoms. The van der Waals surface area contributed by atoms with Gasteiger partial charge < -0.3 is 21.1 Å². The third kappa shape index (κ3) is 7.08. The Balaban J connectivity index is 1.34. The Labute approximate surface area is 212 Å². The second kappa shape index (κ2) is 12.5. The molecule has 4 N–H and O–H groups in total. The van der Waals surface area contributed by atoms with Gasteiger partial charge in [-0.15, -0.1) is 10.2 Å². The first-order chi connectivity index (χ1) is 17.5. The number of rotatable bonds is 11. The number of amides is 1. The number of hydrogen-bond donors (Lipinski definition) is 3. The second-order valence-electron chi connectivity index (χ2n) is 9.40. The largest absolute Gasteiger partial charge is 0.497 e. The SMILES string of the molecule is COc1cccc(CNC(=O)c2cc(-c3nnn(CC4CCC(NCCCN)CC4)n3)cc(C)n2)c1. The van der Waals surface area contributed by atoms with Crippen LogP contribution in [-0.2, 0) is 13.1 Å². The molecule has 2 aromatic heterocycles. The van der Waals surface area contributed by atoms with E-state index in [1.807, 2.05) is 37.3 Å². The lowest BCUT2D eigenvalue weighted by Crippen LogP contribution is -2.35. The Kier molecular flexibility index (Phi) is 8.96. The molecular formula is C26H36N8O2. The molecule has 1 aliphatic rings. The highest BCUT2D eigenvalue weighted by Crippen LogP contribution is 2.26. The predicted octanol–water partition coefficient (Wildman–Crippen LogP) is 2.48. The quantitative estimate of drug-likeness (QED) is 0.348. The lowest BCUT2D eigenvalue weighted by atomic mass is 9.86. The minimum Gasteiger partial charge on any atom is -0.497 e. The van der Waals surface area contributed by atoms with Gasteiger partial charge in [0.2, 0.25) is 5.82 Å². The van der Waals surface area contributed by atoms with E-state index in [1.165, 1.54) is 0 Å². The maximum atomic E-state index is 12.8. The van der Waals surface area contributed by atoms with Crippen LogP contribution in [0.4, 0.5) is 0 Å². The molecular weight excluding hydrogens is 456 g/mol. The maximum absolute atomic E-state index is 12.8. The van der Waals surface area contributed by atoms with Crippen molar-refractivity contribution in [3.63, 3.8) is 0 Å². The van der Waals surface area contributed by atoms with E-state index in [0.29, 0.717) is 30.0 Å². The monoisotopic (exact) mass is 492 g/mol. The molecule has 36 heavy (non-hydrogen) atoms. The molecule has 4 rings (SSSR count). The average Bonchev–Trinajstić information content (AvgIpc) is 3.37. The summed E-state index contributed by atoms with van der Waals surface area (Å²) in [7, 11) is 1.62. The molecule has 0 saturated heterocycles. The molecule has 1 saturated carbocycles. The maximum Gasteiger partial charge on any atom is 0.270 e. The van der Waals surface area contributed by atoms with E-state index in [0.717, 1.165) is 74.3 Å². The molecule has 0 atom stereocenters. The number of tetrazole rings is 1. The number of hydrogen-bond acceptors (Lipinski definition) is 8. The van der Waals surface area contributed by atoms with Crippen molar-refractivity contribution < 1.29 is 9.53 Å². The van der Waals surface area contributed by atoms with Crippen molar-refractivity contribution in [3.05, 3.63) is 53.3 Å². The van der Waals surface area contributed by atoms with Crippen molar-refractivity contribution in [1.82, 2.24) is 35.8 Å². The topological polar surface area (TPSA) is 133 Å². The lowest BCUT2D eigenvalue weighted by Gasteiger charge is -2.28. The lowest BCUT2D eigenvalue weighted by molar-refractivity contribution is 0.0945. The molecule has 1 fully saturated rings. The Hall–Kier alpha value is -3.37. The van der Waals surface area contributed by atoms with Gasteiger partial charge in [-0.25, -0.2) is 4.98 Å². The van der Waals surface area contributed by atoms with Crippen LogP contribution in [-0.4, -0.2) is 57.3 Å². The van der Waals surface area contributed by atoms with Crippen LogP contribution in [0.25, 0.3) is 11.4 Å². The molecule has 0 bridgehead atoms. The molecule has 0 spiro atoms. The van der Waals surface area contributed by atoms with Gasteiger partial charge in [0.25, 0.3) is 5.91 Å². The summed E-state index contributed by atoms with van der Waals surface area (Å²) in [4.78, 5) is 18.9. The molecule has 3 aromatic rings. The highest BCUT2D eigenvalue weighted by molar-refractivity contribution is 5.93. The van der Waals surface area contributed by atoms with Crippen LogP contribution in [0.3, 0.4) is 0 Å². The number of pyridine rings is 1. The number of nitrogens with two attached hydrogens (primary N) is 1. The molecule has 1 amide bonds. The van der Waals surface area contributed by atoms with Crippen LogP contribution in [0.15, 0.2) is 36.4 Å². The number of ether oxygens (including phenoxy) is 1. The van der Waals surface area contributed by atoms with E-state index in [1.54, 1.807) is 18.0 Å². The van der Waals surface area contributed by atoms with Crippen molar-refractivity contribution in [2.75, 3.05) is 20.2 Å². The molecule has 2 heterocycles. The number of carbonyl (C=O) groups is 1. The fourth-order valence-corrected chi connectivity index (χ4v) is 4.59. The first-order valence-electron chi connectivity index (χ1n) is 12.7. The second-order valence-corrected chi connectivity index (χ2v) is 9.40. The van der Waals surface area contributed by atoms with Crippen molar-refractivity contribution >= 4 is 5.91 Å². The Morgan fingerprint density at radius 1 is 1.19 bits per heavy atom. The number of methoxy groups -OCH3 is 1. The van der Waals surface area contributed by atoms with E-state index in [2.05, 4.69) is 31.0 Å². The number of benzene rings is 1. The van der Waals surface area contributed by atoms with Gasteiger partial charge in [0.1, 0.15) is 11.4 Å². The van der Waals surface area contributed by atoms with Gasteiger partial charge >= 0.3 is 0 Å². The van der Waals surface area contributed by atoms with Gasteiger partial charge in [-0.3, -0.25) is 4.79 Å². The number of aryl methyl sites for hydroxylation is 1. The first-order valence-corrected chi connectivity index (χ1v) is 12.7. The molecule has 1 aliphatic carbocycles. The molecule has 0 radical (unpaired) electrons. The zero-order valence-electron chi connectivity index (χ0n) is 21.1. The molecule has 0 unspecified atom stereocenters. The summed E-state index contributed by atoms with van der Waals surface area (Å²) in [6, 6.07) is 11.8. The van der Waals surface area contributed by atoms with E-state index in [-0.39, 0.29) is 5.91 Å². The van der Waals surface area contributed by atoms with Gasteiger partial charge in [-0.1, -0.05) is 12.1 Å². The van der Waals surface area contributed by atoms with Crippen molar-refractivity contribution in [2.24, 2.45) is 11.7 Å². The summed E-state index contributed by atoms with van der Waals surface area (Å²) in [5.74, 6) is 1.53. The van der Waals surface area contributed by atoms with Gasteiger partial charge in [-0.05, 0) is 93.1 Å². The van der Waals surface area contributed by atoms with Crippen LogP contribution in [0.1, 0.15) is 53.8 Å². The molecule has 10 nitrogen and oxygen atoms in total. The molecule has 0 aliphatic heterocycles. The summed E-state index contributed by atoms with van der Waals surface area (Å²) in [6.45, 7) is 4.70. The Bertz CT molecular complexity index is 1140. The van der Waals surface area contributed by atoms with Crippen LogP contribution in [0.5, 0.6) is 5.75 Å². The Morgan fingerprint density at radius 2 is 2.03 bits per heavy atom. The summed E-state index contributed by atoms with van der Waals surface area (Å²) in [6.07, 6.45) is 5.63. The summed E-state index contributed by atoms with van der Waals surface area (Å²) >= 11 is 0. The minimum absolute atomic E-state index is 0.257. The zero-order valence-corrected chi connectivity index (χ0v) is 21.1. The van der Waals surface area contributed by atoms with E-state index in [4.69, 9.17) is 10.5 Å². The number of nitrogens with zero attached hydrogens (tertiary/aromatic N) is 5. The molecule has 192 valence electrons. The van der Waals surface area contributed by atoms with Crippen LogP contribution in [0, 0.1) is 12.8 Å². The van der Waals surface area contributed by atoms with Crippen LogP contribution in [0.2, 0.25) is 0 Å². The average molecular weight is 493 g/mol. The number of nitrogens with one attached hydrogen (secondary N) is 2. The van der Waals surface area contributed by atoms with E-state index < -0.39 is 0 Å². The third-order valence-electron chi connectivity index (χ3n) is 6.57. The highest BCUT2D eigenvalue weighted by Gasteiger charge is 2.22. The normalized spacial score (nSPS) is 17.6. The van der Waals surface area contributed by atoms with Crippen molar-refractivity contribution in [1.29, 1.82) is 0 Å². The fraction of sp³-hybridized carbons (Fsp3) is 0.500. The van der Waals surface area contributed by atoms with E-state index >= 15 is 0 Å². The molecule has 1 aromatic carbocycles. The zero-order chi connectivity index (χ0) is 25.3. The number of carbonyl (C=O) groups excluding carboxylic acids is 1.